The first-order chi connectivity index (χ1) is 8.27. The third-order valence-electron chi connectivity index (χ3n) is 3.97. The lowest BCUT2D eigenvalue weighted by Crippen LogP contribution is -2.16. The summed E-state index contributed by atoms with van der Waals surface area (Å²) in [7, 11) is -0.288. The molecule has 1 aromatic carbocycles. The van der Waals surface area contributed by atoms with Crippen LogP contribution < -0.4 is 0 Å². The monoisotopic (exact) mass is 242 g/mol. The second kappa shape index (κ2) is 4.34. The molecule has 1 atom stereocenters. The quantitative estimate of drug-likeness (QED) is 0.717. The average Bonchev–Trinajstić information content (AvgIpc) is 2.95. The highest BCUT2D eigenvalue weighted by Crippen LogP contribution is 2.39. The molecule has 89 valence electrons. The molecular weight excluding hydrogens is 222 g/mol. The SMILES string of the molecule is C[Si](C)C1C=C(N2CCCC2)c2ccccc21. The molecule has 0 aromatic heterocycles. The zero-order chi connectivity index (χ0) is 11.8. The van der Waals surface area contributed by atoms with Crippen LogP contribution in [0.2, 0.25) is 13.1 Å². The first-order valence-corrected chi connectivity index (χ1v) is 9.21. The predicted molar refractivity (Wildman–Crippen MR) is 75.4 cm³/mol. The fraction of sp³-hybridized carbons (Fsp3) is 0.467. The van der Waals surface area contributed by atoms with Crippen molar-refractivity contribution in [3.63, 3.8) is 0 Å². The van der Waals surface area contributed by atoms with Crippen molar-refractivity contribution in [1.82, 2.24) is 4.90 Å². The summed E-state index contributed by atoms with van der Waals surface area (Å²) in [6, 6.07) is 9.02. The van der Waals surface area contributed by atoms with E-state index in [1.807, 2.05) is 0 Å². The van der Waals surface area contributed by atoms with Crippen LogP contribution in [0.5, 0.6) is 0 Å². The standard InChI is InChI=1S/C15H20NSi/c1-17(2)15-11-14(16-9-5-6-10-16)12-7-3-4-8-13(12)15/h3-4,7-8,11,15H,5-6,9-10H2,1-2H3. The Bertz CT molecular complexity index is 444. The van der Waals surface area contributed by atoms with Crippen molar-refractivity contribution >= 4 is 14.5 Å². The Labute approximate surface area is 106 Å². The molecular formula is C15H20NSi. The predicted octanol–water partition coefficient (Wildman–Crippen LogP) is 3.51. The minimum Gasteiger partial charge on any atom is -0.371 e. The van der Waals surface area contributed by atoms with Crippen LogP contribution in [0.15, 0.2) is 30.3 Å². The Morgan fingerprint density at radius 3 is 2.53 bits per heavy atom. The zero-order valence-corrected chi connectivity index (χ0v) is 11.7. The van der Waals surface area contributed by atoms with Crippen LogP contribution in [0.3, 0.4) is 0 Å². The maximum atomic E-state index is 2.59. The molecule has 17 heavy (non-hydrogen) atoms. The van der Waals surface area contributed by atoms with Gasteiger partial charge in [0.2, 0.25) is 0 Å². The van der Waals surface area contributed by atoms with E-state index in [-0.39, 0.29) is 8.80 Å². The molecule has 0 bridgehead atoms. The van der Waals surface area contributed by atoms with E-state index in [2.05, 4.69) is 48.3 Å². The molecule has 0 spiro atoms. The van der Waals surface area contributed by atoms with Crippen molar-refractivity contribution in [2.24, 2.45) is 0 Å². The first-order valence-electron chi connectivity index (χ1n) is 6.63. The molecule has 1 radical (unpaired) electrons. The summed E-state index contributed by atoms with van der Waals surface area (Å²) >= 11 is 0. The van der Waals surface area contributed by atoms with Crippen molar-refractivity contribution in [2.45, 2.75) is 31.5 Å². The van der Waals surface area contributed by atoms with Gasteiger partial charge >= 0.3 is 0 Å². The Morgan fingerprint density at radius 2 is 1.82 bits per heavy atom. The van der Waals surface area contributed by atoms with Gasteiger partial charge in [0.1, 0.15) is 0 Å². The number of hydrogen-bond donors (Lipinski definition) is 0. The minimum absolute atomic E-state index is 0.288. The van der Waals surface area contributed by atoms with Crippen LogP contribution in [0.1, 0.15) is 29.5 Å². The fourth-order valence-corrected chi connectivity index (χ4v) is 4.42. The lowest BCUT2D eigenvalue weighted by Gasteiger charge is -2.19. The van der Waals surface area contributed by atoms with E-state index in [0.717, 1.165) is 0 Å². The second-order valence-corrected chi connectivity index (χ2v) is 8.17. The number of likely N-dealkylation sites (tertiary alicyclic amines) is 1. The summed E-state index contributed by atoms with van der Waals surface area (Å²) in [6.07, 6.45) is 5.27. The number of allylic oxidation sites excluding steroid dienone is 1. The highest BCUT2D eigenvalue weighted by atomic mass is 28.3. The summed E-state index contributed by atoms with van der Waals surface area (Å²) in [5, 5.41) is 0. The van der Waals surface area contributed by atoms with E-state index in [9.17, 15) is 0 Å². The second-order valence-electron chi connectivity index (χ2n) is 5.39. The molecule has 2 aliphatic rings. The van der Waals surface area contributed by atoms with Gasteiger partial charge in [0.15, 0.2) is 0 Å². The van der Waals surface area contributed by atoms with E-state index >= 15 is 0 Å². The number of hydrogen-bond acceptors (Lipinski definition) is 1. The summed E-state index contributed by atoms with van der Waals surface area (Å²) < 4.78 is 0. The molecule has 1 aliphatic carbocycles. The largest absolute Gasteiger partial charge is 0.371 e. The Kier molecular flexibility index (Phi) is 2.83. The van der Waals surface area contributed by atoms with Gasteiger partial charge in [-0.1, -0.05) is 43.4 Å². The molecule has 1 aromatic rings. The molecule has 3 rings (SSSR count). The van der Waals surface area contributed by atoms with Gasteiger partial charge in [-0.15, -0.1) is 0 Å². The molecule has 0 saturated carbocycles. The van der Waals surface area contributed by atoms with Crippen LogP contribution in [-0.2, 0) is 0 Å². The van der Waals surface area contributed by atoms with Gasteiger partial charge in [-0.05, 0) is 23.9 Å². The molecule has 1 aliphatic heterocycles. The number of benzene rings is 1. The highest BCUT2D eigenvalue weighted by Gasteiger charge is 2.29. The fourth-order valence-electron chi connectivity index (χ4n) is 3.05. The summed E-state index contributed by atoms with van der Waals surface area (Å²) in [4.78, 5) is 2.59. The lowest BCUT2D eigenvalue weighted by atomic mass is 10.1. The smallest absolute Gasteiger partial charge is 0.0549 e. The summed E-state index contributed by atoms with van der Waals surface area (Å²) in [5.41, 5.74) is 5.32. The lowest BCUT2D eigenvalue weighted by molar-refractivity contribution is 0.494. The number of rotatable bonds is 2. The van der Waals surface area contributed by atoms with Crippen LogP contribution in [0, 0.1) is 0 Å². The third kappa shape index (κ3) is 1.84. The third-order valence-corrected chi connectivity index (χ3v) is 5.69. The van der Waals surface area contributed by atoms with E-state index in [1.165, 1.54) is 37.2 Å². The van der Waals surface area contributed by atoms with Gasteiger partial charge in [0, 0.05) is 24.4 Å². The van der Waals surface area contributed by atoms with E-state index < -0.39 is 0 Å². The van der Waals surface area contributed by atoms with Crippen molar-refractivity contribution in [1.29, 1.82) is 0 Å². The van der Waals surface area contributed by atoms with Crippen LogP contribution >= 0.6 is 0 Å². The van der Waals surface area contributed by atoms with Gasteiger partial charge in [-0.3, -0.25) is 0 Å². The average molecular weight is 242 g/mol. The maximum absolute atomic E-state index is 2.59. The Balaban J connectivity index is 2.01. The molecule has 0 N–H and O–H groups in total. The van der Waals surface area contributed by atoms with Gasteiger partial charge in [0.25, 0.3) is 0 Å². The molecule has 1 heterocycles. The van der Waals surface area contributed by atoms with Crippen molar-refractivity contribution in [3.05, 3.63) is 41.5 Å². The van der Waals surface area contributed by atoms with Crippen LogP contribution in [0.25, 0.3) is 5.70 Å². The van der Waals surface area contributed by atoms with Crippen molar-refractivity contribution in [2.75, 3.05) is 13.1 Å². The Hall–Kier alpha value is -1.02. The van der Waals surface area contributed by atoms with Gasteiger partial charge in [-0.25, -0.2) is 0 Å². The highest BCUT2D eigenvalue weighted by molar-refractivity contribution is 6.58. The number of nitrogens with zero attached hydrogens (tertiary/aromatic N) is 1. The Morgan fingerprint density at radius 1 is 1.12 bits per heavy atom. The minimum atomic E-state index is -0.288. The molecule has 1 nitrogen and oxygen atoms in total. The molecule has 0 amide bonds. The maximum Gasteiger partial charge on any atom is 0.0549 e. The zero-order valence-electron chi connectivity index (χ0n) is 10.7. The van der Waals surface area contributed by atoms with Crippen molar-refractivity contribution < 1.29 is 0 Å². The summed E-state index contributed by atoms with van der Waals surface area (Å²) in [6.45, 7) is 7.36. The molecule has 2 heteroatoms. The normalized spacial score (nSPS) is 23.1. The van der Waals surface area contributed by atoms with Gasteiger partial charge in [-0.2, -0.15) is 0 Å². The topological polar surface area (TPSA) is 3.24 Å². The van der Waals surface area contributed by atoms with Gasteiger partial charge < -0.3 is 4.90 Å². The van der Waals surface area contributed by atoms with E-state index in [4.69, 9.17) is 0 Å². The molecule has 1 saturated heterocycles. The van der Waals surface area contributed by atoms with E-state index in [1.54, 1.807) is 5.56 Å². The van der Waals surface area contributed by atoms with Crippen LogP contribution in [-0.4, -0.2) is 26.8 Å². The van der Waals surface area contributed by atoms with Crippen LogP contribution in [0.4, 0.5) is 0 Å². The number of fused-ring (bicyclic) bond motifs is 1. The van der Waals surface area contributed by atoms with Crippen molar-refractivity contribution in [3.8, 4) is 0 Å². The summed E-state index contributed by atoms with van der Waals surface area (Å²) in [5.74, 6) is 0. The van der Waals surface area contributed by atoms with E-state index in [0.29, 0.717) is 5.54 Å². The van der Waals surface area contributed by atoms with Gasteiger partial charge in [0.05, 0.1) is 8.80 Å². The molecule has 1 fully saturated rings. The first kappa shape index (κ1) is 11.1. The molecule has 1 unspecified atom stereocenters.